The summed E-state index contributed by atoms with van der Waals surface area (Å²) in [6.45, 7) is -1.80. The molecule has 19 nitrogen and oxygen atoms in total. The van der Waals surface area contributed by atoms with Crippen LogP contribution in [-0.4, -0.2) is 99.1 Å². The summed E-state index contributed by atoms with van der Waals surface area (Å²) in [6, 6.07) is 0. The molecule has 0 bridgehead atoms. The number of phosphoric ester groups is 1. The van der Waals surface area contributed by atoms with Gasteiger partial charge in [-0.2, -0.15) is 9.97 Å². The van der Waals surface area contributed by atoms with Crippen LogP contribution in [-0.2, 0) is 23.1 Å². The molecule has 40 heavy (non-hydrogen) atoms. The quantitative estimate of drug-likeness (QED) is 0.144. The number of aromatic amines is 1. The molecule has 8 N–H and O–H groups in total. The molecule has 22 heteroatoms. The highest BCUT2D eigenvalue weighted by Crippen LogP contribution is 2.50. The fourth-order valence-corrected chi connectivity index (χ4v) is 5.22. The third-order valence-electron chi connectivity index (χ3n) is 6.14. The number of nitrogens with one attached hydrogen (secondary N) is 1. The minimum absolute atomic E-state index is 0.164. The molecular formula is C18H22F2N9O10P. The van der Waals surface area contributed by atoms with Crippen LogP contribution in [0.2, 0.25) is 0 Å². The van der Waals surface area contributed by atoms with Crippen molar-refractivity contribution in [1.29, 1.82) is 0 Å². The van der Waals surface area contributed by atoms with Crippen LogP contribution in [0.25, 0.3) is 11.2 Å². The average Bonchev–Trinajstić information content (AvgIpc) is 3.53. The third-order valence-corrected chi connectivity index (χ3v) is 7.13. The maximum absolute atomic E-state index is 15.5. The van der Waals surface area contributed by atoms with E-state index in [0.29, 0.717) is 4.57 Å². The summed E-state index contributed by atoms with van der Waals surface area (Å²) in [6.07, 6.45) is -12.8. The molecule has 9 atom stereocenters. The van der Waals surface area contributed by atoms with E-state index in [1.165, 1.54) is 0 Å². The van der Waals surface area contributed by atoms with Gasteiger partial charge in [0, 0.05) is 0 Å². The predicted molar refractivity (Wildman–Crippen MR) is 125 cm³/mol. The largest absolute Gasteiger partial charge is 0.472 e. The number of fused-ring (bicyclic) bond motifs is 1. The van der Waals surface area contributed by atoms with Crippen molar-refractivity contribution in [1.82, 2.24) is 34.1 Å². The van der Waals surface area contributed by atoms with Gasteiger partial charge in [0.15, 0.2) is 36.0 Å². The number of ether oxygens (including phenoxy) is 2. The fraction of sp³-hybridized carbons (Fsp3) is 0.556. The number of halogens is 2. The number of H-pyrrole nitrogens is 1. The highest BCUT2D eigenvalue weighted by Gasteiger charge is 2.51. The van der Waals surface area contributed by atoms with Crippen molar-refractivity contribution in [2.45, 2.75) is 49.2 Å². The lowest BCUT2D eigenvalue weighted by molar-refractivity contribution is -0.0582. The first-order chi connectivity index (χ1) is 18.9. The topological polar surface area (TPSA) is 278 Å². The lowest BCUT2D eigenvalue weighted by atomic mass is 10.1. The number of hydrogen-bond acceptors (Lipinski definition) is 15. The molecule has 2 aliphatic heterocycles. The number of anilines is 2. The van der Waals surface area contributed by atoms with Crippen LogP contribution in [0.1, 0.15) is 12.5 Å². The molecule has 0 aromatic carbocycles. The van der Waals surface area contributed by atoms with Crippen molar-refractivity contribution in [2.24, 2.45) is 0 Å². The molecule has 5 heterocycles. The van der Waals surface area contributed by atoms with Crippen LogP contribution >= 0.6 is 7.82 Å². The molecular weight excluding hydrogens is 571 g/mol. The molecule has 9 unspecified atom stereocenters. The van der Waals surface area contributed by atoms with Gasteiger partial charge in [-0.1, -0.05) is 0 Å². The second kappa shape index (κ2) is 10.5. The molecule has 3 aromatic heterocycles. The number of phosphoric acid groups is 1. The zero-order valence-electron chi connectivity index (χ0n) is 19.9. The Hall–Kier alpha value is -3.43. The first-order valence-electron chi connectivity index (χ1n) is 11.4. The smallest absolute Gasteiger partial charge is 0.394 e. The summed E-state index contributed by atoms with van der Waals surface area (Å²) in [5.41, 5.74) is 8.73. The van der Waals surface area contributed by atoms with E-state index in [0.717, 1.165) is 17.2 Å². The number of nitrogens with two attached hydrogens (primary N) is 2. The number of aliphatic hydroxyl groups is 2. The Morgan fingerprint density at radius 2 is 1.75 bits per heavy atom. The zero-order chi connectivity index (χ0) is 28.9. The van der Waals surface area contributed by atoms with Gasteiger partial charge in [-0.3, -0.25) is 28.0 Å². The van der Waals surface area contributed by atoms with Crippen LogP contribution in [0, 0.1) is 0 Å². The fourth-order valence-electron chi connectivity index (χ4n) is 4.27. The van der Waals surface area contributed by atoms with Gasteiger partial charge in [0.25, 0.3) is 5.56 Å². The summed E-state index contributed by atoms with van der Waals surface area (Å²) >= 11 is 0. The molecule has 2 fully saturated rings. The Morgan fingerprint density at radius 3 is 2.45 bits per heavy atom. The monoisotopic (exact) mass is 593 g/mol. The number of nitrogens with zero attached hydrogens (tertiary/aromatic N) is 6. The van der Waals surface area contributed by atoms with E-state index in [4.69, 9.17) is 30.0 Å². The molecule has 2 aliphatic rings. The standard InChI is InChI=1S/C18H22F2N9O10P/c19-7-10(31)6(38-14(7)29-4-24-16(21)27-18(29)33)2-36-40(34,35)39-11-5(1-30)37-15(8(11)20)28-3-23-9-12(28)25-17(22)26-13(9)32/h3-8,10-11,14-15,30-31H,1-2H2,(H,34,35)(H2,21,27,33)(H3,22,25,26,32). The number of imidazole rings is 1. The van der Waals surface area contributed by atoms with E-state index in [1.807, 2.05) is 0 Å². The van der Waals surface area contributed by atoms with Crippen molar-refractivity contribution < 1.29 is 47.0 Å². The molecule has 0 radical (unpaired) electrons. The molecule has 0 saturated carbocycles. The Bertz CT molecular complexity index is 1570. The van der Waals surface area contributed by atoms with E-state index in [2.05, 4.69) is 24.9 Å². The van der Waals surface area contributed by atoms with E-state index in [-0.39, 0.29) is 23.1 Å². The first kappa shape index (κ1) is 28.1. The zero-order valence-corrected chi connectivity index (χ0v) is 20.8. The molecule has 5 rings (SSSR count). The van der Waals surface area contributed by atoms with Gasteiger partial charge in [0.05, 0.1) is 19.5 Å². The number of hydrogen-bond donors (Lipinski definition) is 6. The lowest BCUT2D eigenvalue weighted by Crippen LogP contribution is -2.35. The number of aliphatic hydroxyl groups excluding tert-OH is 2. The Morgan fingerprint density at radius 1 is 1.07 bits per heavy atom. The maximum Gasteiger partial charge on any atom is 0.472 e. The molecule has 0 aliphatic carbocycles. The minimum atomic E-state index is -5.17. The number of aromatic nitrogens is 7. The van der Waals surface area contributed by atoms with E-state index in [1.54, 1.807) is 0 Å². The Labute approximate surface area is 219 Å². The Kier molecular flexibility index (Phi) is 7.39. The van der Waals surface area contributed by atoms with E-state index < -0.39 is 81.5 Å². The van der Waals surface area contributed by atoms with Crippen molar-refractivity contribution in [3.63, 3.8) is 0 Å². The van der Waals surface area contributed by atoms with Crippen LogP contribution in [0.4, 0.5) is 20.7 Å². The third kappa shape index (κ3) is 5.08. The maximum atomic E-state index is 15.5. The lowest BCUT2D eigenvalue weighted by Gasteiger charge is -2.22. The van der Waals surface area contributed by atoms with Crippen LogP contribution in [0.5, 0.6) is 0 Å². The SMILES string of the molecule is Nc1ncn(C2OC(COP(=O)(O)OC3C(CO)OC(n4cnc5c(=O)[nH]c(N)nc54)C3F)C(O)C2F)c(=O)n1. The van der Waals surface area contributed by atoms with Crippen LogP contribution in [0.15, 0.2) is 22.2 Å². The highest BCUT2D eigenvalue weighted by molar-refractivity contribution is 7.47. The number of alkyl halides is 2. The van der Waals surface area contributed by atoms with Gasteiger partial charge in [-0.05, 0) is 0 Å². The van der Waals surface area contributed by atoms with Crippen molar-refractivity contribution in [3.05, 3.63) is 33.5 Å². The van der Waals surface area contributed by atoms with E-state index in [9.17, 15) is 33.7 Å². The predicted octanol–water partition coefficient (Wildman–Crippen LogP) is -2.74. The summed E-state index contributed by atoms with van der Waals surface area (Å²) in [5.74, 6) is -0.676. The summed E-state index contributed by atoms with van der Waals surface area (Å²) < 4.78 is 64.8. The van der Waals surface area contributed by atoms with E-state index >= 15 is 4.39 Å². The average molecular weight is 593 g/mol. The summed E-state index contributed by atoms with van der Waals surface area (Å²) in [5, 5.41) is 19.8. The summed E-state index contributed by atoms with van der Waals surface area (Å²) in [7, 11) is -5.17. The second-order valence-corrected chi connectivity index (χ2v) is 10.1. The van der Waals surface area contributed by atoms with Crippen molar-refractivity contribution in [3.8, 4) is 0 Å². The molecule has 3 aromatic rings. The molecule has 218 valence electrons. The highest BCUT2D eigenvalue weighted by atomic mass is 31.2. The van der Waals surface area contributed by atoms with Gasteiger partial charge < -0.3 is 36.0 Å². The van der Waals surface area contributed by atoms with Crippen molar-refractivity contribution in [2.75, 3.05) is 24.7 Å². The van der Waals surface area contributed by atoms with Gasteiger partial charge in [0.2, 0.25) is 11.9 Å². The van der Waals surface area contributed by atoms with Gasteiger partial charge in [0.1, 0.15) is 30.7 Å². The first-order valence-corrected chi connectivity index (χ1v) is 12.9. The minimum Gasteiger partial charge on any atom is -0.394 e. The van der Waals surface area contributed by atoms with Crippen molar-refractivity contribution >= 4 is 30.9 Å². The molecule has 2 saturated heterocycles. The van der Waals surface area contributed by atoms with Gasteiger partial charge in [-0.25, -0.2) is 28.1 Å². The van der Waals surface area contributed by atoms with Gasteiger partial charge >= 0.3 is 13.5 Å². The summed E-state index contributed by atoms with van der Waals surface area (Å²) in [4.78, 5) is 51.0. The molecule has 0 spiro atoms. The number of nitrogen functional groups attached to an aromatic ring is 2. The van der Waals surface area contributed by atoms with Gasteiger partial charge in [-0.15, -0.1) is 0 Å². The number of rotatable bonds is 8. The van der Waals surface area contributed by atoms with Crippen LogP contribution < -0.4 is 22.7 Å². The molecule has 0 amide bonds. The Balaban J connectivity index is 1.28. The second-order valence-electron chi connectivity index (χ2n) is 8.71. The normalized spacial score (nSPS) is 32.0. The van der Waals surface area contributed by atoms with Crippen LogP contribution in [0.3, 0.4) is 0 Å².